The number of hydrogen-bond acceptors (Lipinski definition) is 5. The van der Waals surface area contributed by atoms with Crippen LogP contribution in [0.4, 0.5) is 4.79 Å². The van der Waals surface area contributed by atoms with Crippen molar-refractivity contribution in [3.05, 3.63) is 35.9 Å². The number of likely N-dealkylation sites (N-methyl/N-ethyl adjacent to an activating group) is 1. The summed E-state index contributed by atoms with van der Waals surface area (Å²) in [7, 11) is 2.01. The van der Waals surface area contributed by atoms with E-state index in [0.29, 0.717) is 19.7 Å². The van der Waals surface area contributed by atoms with Crippen LogP contribution < -0.4 is 0 Å². The van der Waals surface area contributed by atoms with Gasteiger partial charge in [-0.1, -0.05) is 37.3 Å². The lowest BCUT2D eigenvalue weighted by atomic mass is 10.0. The summed E-state index contributed by atoms with van der Waals surface area (Å²) in [5, 5.41) is 9.00. The third kappa shape index (κ3) is 6.52. The van der Waals surface area contributed by atoms with Gasteiger partial charge in [0.1, 0.15) is 6.61 Å². The maximum Gasteiger partial charge on any atom is 0.407 e. The van der Waals surface area contributed by atoms with Crippen LogP contribution in [0.1, 0.15) is 19.4 Å². The highest BCUT2D eigenvalue weighted by atomic mass is 16.5. The average molecular weight is 377 g/mol. The maximum atomic E-state index is 12.3. The van der Waals surface area contributed by atoms with Gasteiger partial charge >= 0.3 is 12.1 Å². The van der Waals surface area contributed by atoms with Gasteiger partial charge in [-0.15, -0.1) is 0 Å². The summed E-state index contributed by atoms with van der Waals surface area (Å²) < 4.78 is 5.45. The summed E-state index contributed by atoms with van der Waals surface area (Å²) in [4.78, 5) is 29.2. The molecule has 7 heteroatoms. The van der Waals surface area contributed by atoms with Crippen LogP contribution in [0, 0.1) is 5.92 Å². The fraction of sp³-hybridized carbons (Fsp3) is 0.600. The van der Waals surface area contributed by atoms with E-state index in [9.17, 15) is 9.59 Å². The zero-order chi connectivity index (χ0) is 19.8. The van der Waals surface area contributed by atoms with Crippen LogP contribution in [0.15, 0.2) is 30.3 Å². The fourth-order valence-corrected chi connectivity index (χ4v) is 3.10. The molecule has 2 atom stereocenters. The number of carbonyl (C=O) groups is 2. The van der Waals surface area contributed by atoms with Crippen LogP contribution in [-0.2, 0) is 16.1 Å². The molecule has 27 heavy (non-hydrogen) atoms. The van der Waals surface area contributed by atoms with Gasteiger partial charge in [0.25, 0.3) is 0 Å². The van der Waals surface area contributed by atoms with E-state index >= 15 is 0 Å². The number of ether oxygens (including phenoxy) is 1. The molecule has 1 amide bonds. The monoisotopic (exact) mass is 377 g/mol. The van der Waals surface area contributed by atoms with E-state index in [0.717, 1.165) is 31.7 Å². The number of carboxylic acid groups (broad SMARTS) is 1. The topological polar surface area (TPSA) is 73.3 Å². The Bertz CT molecular complexity index is 603. The molecule has 0 radical (unpaired) electrons. The lowest BCUT2D eigenvalue weighted by Gasteiger charge is -2.35. The first-order valence-corrected chi connectivity index (χ1v) is 9.49. The first-order chi connectivity index (χ1) is 12.9. The minimum absolute atomic E-state index is 0.0635. The van der Waals surface area contributed by atoms with E-state index in [1.807, 2.05) is 51.2 Å². The predicted molar refractivity (Wildman–Crippen MR) is 104 cm³/mol. The van der Waals surface area contributed by atoms with Gasteiger partial charge in [0.2, 0.25) is 0 Å². The standard InChI is InChI=1S/C20H31N3O4/c1-16(19(24)27-15-18-7-5-4-6-8-18)17(2)21(3)9-10-22-11-13-23(14-12-22)20(25)26/h4-8,16-17H,9-15H2,1-3H3,(H,25,26). The van der Waals surface area contributed by atoms with Gasteiger partial charge in [-0.3, -0.25) is 9.69 Å². The highest BCUT2D eigenvalue weighted by Gasteiger charge is 2.26. The normalized spacial score (nSPS) is 17.6. The summed E-state index contributed by atoms with van der Waals surface area (Å²) in [5.74, 6) is -0.407. The molecule has 150 valence electrons. The highest BCUT2D eigenvalue weighted by Crippen LogP contribution is 2.13. The minimum atomic E-state index is -0.844. The smallest absolute Gasteiger partial charge is 0.407 e. The molecule has 0 aliphatic carbocycles. The Labute approximate surface area is 161 Å². The van der Waals surface area contributed by atoms with Gasteiger partial charge in [0.15, 0.2) is 0 Å². The lowest BCUT2D eigenvalue weighted by Crippen LogP contribution is -2.50. The summed E-state index contributed by atoms with van der Waals surface area (Å²) in [6.07, 6.45) is -0.844. The highest BCUT2D eigenvalue weighted by molar-refractivity contribution is 5.72. The number of piperazine rings is 1. The van der Waals surface area contributed by atoms with Crippen molar-refractivity contribution in [3.63, 3.8) is 0 Å². The van der Waals surface area contributed by atoms with Crippen molar-refractivity contribution in [1.29, 1.82) is 0 Å². The fourth-order valence-electron chi connectivity index (χ4n) is 3.10. The molecule has 1 N–H and O–H groups in total. The first-order valence-electron chi connectivity index (χ1n) is 9.49. The molecule has 1 saturated heterocycles. The molecular weight excluding hydrogens is 346 g/mol. The third-order valence-electron chi connectivity index (χ3n) is 5.43. The Hall–Kier alpha value is -2.12. The zero-order valence-corrected chi connectivity index (χ0v) is 16.5. The number of hydrogen-bond donors (Lipinski definition) is 1. The molecule has 1 aromatic carbocycles. The van der Waals surface area contributed by atoms with Crippen molar-refractivity contribution in [2.75, 3.05) is 46.3 Å². The second-order valence-electron chi connectivity index (χ2n) is 7.21. The lowest BCUT2D eigenvalue weighted by molar-refractivity contribution is -0.151. The molecule has 0 saturated carbocycles. The van der Waals surface area contributed by atoms with E-state index in [1.165, 1.54) is 4.90 Å². The molecule has 0 spiro atoms. The van der Waals surface area contributed by atoms with Crippen LogP contribution in [0.25, 0.3) is 0 Å². The van der Waals surface area contributed by atoms with E-state index in [4.69, 9.17) is 9.84 Å². The molecule has 0 bridgehead atoms. The molecule has 2 unspecified atom stereocenters. The minimum Gasteiger partial charge on any atom is -0.465 e. The predicted octanol–water partition coefficient (Wildman–Crippen LogP) is 1.98. The Morgan fingerprint density at radius 3 is 2.37 bits per heavy atom. The van der Waals surface area contributed by atoms with Gasteiger partial charge in [0.05, 0.1) is 5.92 Å². The van der Waals surface area contributed by atoms with E-state index in [2.05, 4.69) is 9.80 Å². The van der Waals surface area contributed by atoms with Gasteiger partial charge in [0, 0.05) is 45.3 Å². The van der Waals surface area contributed by atoms with Crippen molar-refractivity contribution in [2.45, 2.75) is 26.5 Å². The second-order valence-corrected chi connectivity index (χ2v) is 7.21. The molecule has 0 aromatic heterocycles. The summed E-state index contributed by atoms with van der Waals surface area (Å²) >= 11 is 0. The maximum absolute atomic E-state index is 12.3. The Kier molecular flexibility index (Phi) is 8.06. The van der Waals surface area contributed by atoms with Crippen LogP contribution in [0.5, 0.6) is 0 Å². The number of esters is 1. The van der Waals surface area contributed by atoms with Crippen molar-refractivity contribution >= 4 is 12.1 Å². The van der Waals surface area contributed by atoms with E-state index < -0.39 is 6.09 Å². The number of carbonyl (C=O) groups excluding carboxylic acids is 1. The molecule has 1 aromatic rings. The molecular formula is C20H31N3O4. The number of benzene rings is 1. The van der Waals surface area contributed by atoms with Crippen molar-refractivity contribution < 1.29 is 19.4 Å². The van der Waals surface area contributed by atoms with E-state index in [-0.39, 0.29) is 17.9 Å². The van der Waals surface area contributed by atoms with Crippen molar-refractivity contribution in [1.82, 2.24) is 14.7 Å². The zero-order valence-electron chi connectivity index (χ0n) is 16.5. The summed E-state index contributed by atoms with van der Waals surface area (Å²) in [5.41, 5.74) is 0.986. The number of rotatable bonds is 8. The Morgan fingerprint density at radius 2 is 1.78 bits per heavy atom. The van der Waals surface area contributed by atoms with Crippen molar-refractivity contribution in [3.8, 4) is 0 Å². The summed E-state index contributed by atoms with van der Waals surface area (Å²) in [6, 6.07) is 9.74. The Morgan fingerprint density at radius 1 is 1.15 bits per heavy atom. The molecule has 2 rings (SSSR count). The van der Waals surface area contributed by atoms with Crippen molar-refractivity contribution in [2.24, 2.45) is 5.92 Å². The van der Waals surface area contributed by atoms with Crippen LogP contribution in [-0.4, -0.2) is 84.2 Å². The van der Waals surface area contributed by atoms with Gasteiger partial charge < -0.3 is 19.6 Å². The first kappa shape index (κ1) is 21.2. The molecule has 1 heterocycles. The molecule has 1 aliphatic heterocycles. The number of amides is 1. The Balaban J connectivity index is 1.71. The van der Waals surface area contributed by atoms with Crippen LogP contribution >= 0.6 is 0 Å². The summed E-state index contributed by atoms with van der Waals surface area (Å²) in [6.45, 7) is 8.54. The van der Waals surface area contributed by atoms with Crippen LogP contribution in [0.2, 0.25) is 0 Å². The molecule has 7 nitrogen and oxygen atoms in total. The van der Waals surface area contributed by atoms with E-state index in [1.54, 1.807) is 0 Å². The SMILES string of the molecule is CC(C(=O)OCc1ccccc1)C(C)N(C)CCN1CCN(C(=O)O)CC1. The van der Waals surface area contributed by atoms with Gasteiger partial charge in [-0.25, -0.2) is 4.79 Å². The third-order valence-corrected chi connectivity index (χ3v) is 5.43. The van der Waals surface area contributed by atoms with Gasteiger partial charge in [-0.2, -0.15) is 0 Å². The number of nitrogens with zero attached hydrogens (tertiary/aromatic N) is 3. The quantitative estimate of drug-likeness (QED) is 0.699. The molecule has 1 aliphatic rings. The average Bonchev–Trinajstić information content (AvgIpc) is 2.70. The second kappa shape index (κ2) is 10.3. The van der Waals surface area contributed by atoms with Gasteiger partial charge in [-0.05, 0) is 19.5 Å². The molecule has 1 fully saturated rings. The van der Waals surface area contributed by atoms with Crippen LogP contribution in [0.3, 0.4) is 0 Å². The largest absolute Gasteiger partial charge is 0.465 e.